The quantitative estimate of drug-likeness (QED) is 0.697. The average molecular weight is 173 g/mol. The number of nitrogens with two attached hydrogens (primary N) is 1. The zero-order valence-electron chi connectivity index (χ0n) is 8.15. The second-order valence-electron chi connectivity index (χ2n) is 4.27. The van der Waals surface area contributed by atoms with Gasteiger partial charge in [-0.3, -0.25) is 0 Å². The molecule has 0 amide bonds. The maximum Gasteiger partial charge on any atom is 0.114 e. The van der Waals surface area contributed by atoms with Gasteiger partial charge in [-0.1, -0.05) is 19.8 Å². The summed E-state index contributed by atoms with van der Waals surface area (Å²) in [6, 6.07) is 0. The molecule has 0 bridgehead atoms. The number of rotatable bonds is 3. The molecule has 1 rings (SSSR count). The van der Waals surface area contributed by atoms with Gasteiger partial charge in [0.25, 0.3) is 0 Å². The molecule has 12 heavy (non-hydrogen) atoms. The first-order chi connectivity index (χ1) is 5.59. The summed E-state index contributed by atoms with van der Waals surface area (Å²) >= 11 is 0. The van der Waals surface area contributed by atoms with E-state index in [0.717, 1.165) is 12.8 Å². The van der Waals surface area contributed by atoms with E-state index in [-0.39, 0.29) is 11.8 Å². The van der Waals surface area contributed by atoms with Gasteiger partial charge in [0, 0.05) is 5.92 Å². The molecule has 1 saturated carbocycles. The maximum atomic E-state index is 14.1. The van der Waals surface area contributed by atoms with Crippen LogP contribution in [-0.4, -0.2) is 12.2 Å². The SMILES string of the molecule is CC(CN)C(C)(F)C1CCCC1. The predicted octanol–water partition coefficient (Wildman–Crippen LogP) is 2.50. The maximum absolute atomic E-state index is 14.1. The van der Waals surface area contributed by atoms with E-state index in [1.807, 2.05) is 6.92 Å². The van der Waals surface area contributed by atoms with E-state index < -0.39 is 5.67 Å². The lowest BCUT2D eigenvalue weighted by Crippen LogP contribution is -2.39. The Kier molecular flexibility index (Phi) is 3.10. The van der Waals surface area contributed by atoms with Crippen LogP contribution in [0.15, 0.2) is 0 Å². The molecule has 0 saturated heterocycles. The van der Waals surface area contributed by atoms with Crippen LogP contribution in [0.4, 0.5) is 4.39 Å². The molecular formula is C10H20FN. The van der Waals surface area contributed by atoms with Gasteiger partial charge in [-0.15, -0.1) is 0 Å². The molecule has 1 nitrogen and oxygen atoms in total. The van der Waals surface area contributed by atoms with Crippen LogP contribution < -0.4 is 5.73 Å². The molecule has 1 fully saturated rings. The highest BCUT2D eigenvalue weighted by molar-refractivity contribution is 4.90. The lowest BCUT2D eigenvalue weighted by atomic mass is 9.80. The summed E-state index contributed by atoms with van der Waals surface area (Å²) < 4.78 is 14.1. The first-order valence-corrected chi connectivity index (χ1v) is 4.98. The fraction of sp³-hybridized carbons (Fsp3) is 1.00. The van der Waals surface area contributed by atoms with E-state index >= 15 is 0 Å². The second kappa shape index (κ2) is 3.73. The van der Waals surface area contributed by atoms with Crippen molar-refractivity contribution in [3.05, 3.63) is 0 Å². The number of hydrogen-bond acceptors (Lipinski definition) is 1. The van der Waals surface area contributed by atoms with Crippen LogP contribution in [0.3, 0.4) is 0 Å². The molecule has 2 heteroatoms. The fourth-order valence-electron chi connectivity index (χ4n) is 2.12. The molecule has 0 aliphatic heterocycles. The van der Waals surface area contributed by atoms with Crippen LogP contribution in [0.5, 0.6) is 0 Å². The van der Waals surface area contributed by atoms with Gasteiger partial charge in [0.2, 0.25) is 0 Å². The van der Waals surface area contributed by atoms with Crippen LogP contribution in [0.25, 0.3) is 0 Å². The molecule has 0 heterocycles. The standard InChI is InChI=1S/C10H20FN/c1-8(7-12)10(2,11)9-5-3-4-6-9/h8-9H,3-7,12H2,1-2H3. The molecule has 0 aromatic rings. The molecule has 1 aliphatic carbocycles. The molecule has 2 atom stereocenters. The zero-order chi connectivity index (χ0) is 9.19. The van der Waals surface area contributed by atoms with Crippen molar-refractivity contribution in [2.24, 2.45) is 17.6 Å². The second-order valence-corrected chi connectivity index (χ2v) is 4.27. The van der Waals surface area contributed by atoms with E-state index in [0.29, 0.717) is 6.54 Å². The lowest BCUT2D eigenvalue weighted by Gasteiger charge is -2.32. The number of hydrogen-bond donors (Lipinski definition) is 1. The molecule has 2 unspecified atom stereocenters. The van der Waals surface area contributed by atoms with Crippen LogP contribution in [0.1, 0.15) is 39.5 Å². The molecule has 0 spiro atoms. The Hall–Kier alpha value is -0.110. The minimum atomic E-state index is -1.04. The van der Waals surface area contributed by atoms with Crippen LogP contribution in [0, 0.1) is 11.8 Å². The van der Waals surface area contributed by atoms with Crippen LogP contribution >= 0.6 is 0 Å². The van der Waals surface area contributed by atoms with Crippen molar-refractivity contribution < 1.29 is 4.39 Å². The smallest absolute Gasteiger partial charge is 0.114 e. The van der Waals surface area contributed by atoms with E-state index in [2.05, 4.69) is 0 Å². The Bertz CT molecular complexity index is 139. The van der Waals surface area contributed by atoms with Gasteiger partial charge in [0.05, 0.1) is 0 Å². The Labute approximate surface area is 74.5 Å². The minimum Gasteiger partial charge on any atom is -0.330 e. The fourth-order valence-corrected chi connectivity index (χ4v) is 2.12. The van der Waals surface area contributed by atoms with E-state index in [4.69, 9.17) is 5.73 Å². The molecule has 2 N–H and O–H groups in total. The Morgan fingerprint density at radius 1 is 1.50 bits per heavy atom. The normalized spacial score (nSPS) is 27.0. The summed E-state index contributed by atoms with van der Waals surface area (Å²) in [6.07, 6.45) is 4.50. The summed E-state index contributed by atoms with van der Waals surface area (Å²) in [6.45, 7) is 4.10. The highest BCUT2D eigenvalue weighted by Gasteiger charge is 2.39. The number of halogens is 1. The summed E-state index contributed by atoms with van der Waals surface area (Å²) in [5.41, 5.74) is 4.45. The highest BCUT2D eigenvalue weighted by atomic mass is 19.1. The number of alkyl halides is 1. The first kappa shape index (κ1) is 9.97. The predicted molar refractivity (Wildman–Crippen MR) is 49.7 cm³/mol. The molecule has 0 aromatic heterocycles. The first-order valence-electron chi connectivity index (χ1n) is 4.98. The van der Waals surface area contributed by atoms with Gasteiger partial charge in [-0.25, -0.2) is 4.39 Å². The van der Waals surface area contributed by atoms with Gasteiger partial charge >= 0.3 is 0 Å². The van der Waals surface area contributed by atoms with Crippen LogP contribution in [0.2, 0.25) is 0 Å². The molecule has 0 aromatic carbocycles. The van der Waals surface area contributed by atoms with Gasteiger partial charge in [0.15, 0.2) is 0 Å². The van der Waals surface area contributed by atoms with E-state index in [1.165, 1.54) is 12.8 Å². The van der Waals surface area contributed by atoms with Crippen molar-refractivity contribution in [2.75, 3.05) is 6.54 Å². The summed E-state index contributed by atoms with van der Waals surface area (Å²) in [5, 5.41) is 0. The van der Waals surface area contributed by atoms with Crippen molar-refractivity contribution in [3.63, 3.8) is 0 Å². The van der Waals surface area contributed by atoms with Gasteiger partial charge < -0.3 is 5.73 Å². The molecule has 72 valence electrons. The van der Waals surface area contributed by atoms with E-state index in [1.54, 1.807) is 6.92 Å². The van der Waals surface area contributed by atoms with Crippen molar-refractivity contribution in [1.29, 1.82) is 0 Å². The zero-order valence-corrected chi connectivity index (χ0v) is 8.15. The molecule has 0 radical (unpaired) electrons. The average Bonchev–Trinajstić information content (AvgIpc) is 2.55. The third kappa shape index (κ3) is 1.79. The molecule has 1 aliphatic rings. The minimum absolute atomic E-state index is 0.000556. The summed E-state index contributed by atoms with van der Waals surface area (Å²) in [5.74, 6) is 0.261. The summed E-state index contributed by atoms with van der Waals surface area (Å²) in [4.78, 5) is 0. The Morgan fingerprint density at radius 2 is 2.00 bits per heavy atom. The van der Waals surface area contributed by atoms with E-state index in [9.17, 15) is 4.39 Å². The Morgan fingerprint density at radius 3 is 2.42 bits per heavy atom. The highest BCUT2D eigenvalue weighted by Crippen LogP contribution is 2.40. The van der Waals surface area contributed by atoms with Crippen molar-refractivity contribution >= 4 is 0 Å². The monoisotopic (exact) mass is 173 g/mol. The van der Waals surface area contributed by atoms with Crippen molar-refractivity contribution in [2.45, 2.75) is 45.2 Å². The van der Waals surface area contributed by atoms with Gasteiger partial charge in [0.1, 0.15) is 5.67 Å². The third-order valence-electron chi connectivity index (χ3n) is 3.47. The molecular weight excluding hydrogens is 153 g/mol. The van der Waals surface area contributed by atoms with Gasteiger partial charge in [-0.05, 0) is 32.2 Å². The third-order valence-corrected chi connectivity index (χ3v) is 3.47. The van der Waals surface area contributed by atoms with Gasteiger partial charge in [-0.2, -0.15) is 0 Å². The van der Waals surface area contributed by atoms with Crippen molar-refractivity contribution in [3.8, 4) is 0 Å². The summed E-state index contributed by atoms with van der Waals surface area (Å²) in [7, 11) is 0. The topological polar surface area (TPSA) is 26.0 Å². The van der Waals surface area contributed by atoms with Crippen LogP contribution in [-0.2, 0) is 0 Å². The largest absolute Gasteiger partial charge is 0.330 e. The lowest BCUT2D eigenvalue weighted by molar-refractivity contribution is 0.0482. The van der Waals surface area contributed by atoms with Crippen molar-refractivity contribution in [1.82, 2.24) is 0 Å². The Balaban J connectivity index is 2.56.